The van der Waals surface area contributed by atoms with Crippen LogP contribution >= 0.6 is 23.1 Å². The summed E-state index contributed by atoms with van der Waals surface area (Å²) in [7, 11) is 0. The Balaban J connectivity index is 1.64. The van der Waals surface area contributed by atoms with Gasteiger partial charge < -0.3 is 4.74 Å². The highest BCUT2D eigenvalue weighted by molar-refractivity contribution is 8.00. The SMILES string of the molecule is CC(=O)Oc1ccccc1C(=O)Nc1nnc(SCc2ccccc2)s1. The summed E-state index contributed by atoms with van der Waals surface area (Å²) >= 11 is 2.85. The lowest BCUT2D eigenvalue weighted by Gasteiger charge is -2.07. The van der Waals surface area contributed by atoms with Gasteiger partial charge in [0.2, 0.25) is 5.13 Å². The van der Waals surface area contributed by atoms with Crippen molar-refractivity contribution < 1.29 is 14.3 Å². The molecule has 3 rings (SSSR count). The fourth-order valence-corrected chi connectivity index (χ4v) is 3.80. The molecule has 6 nitrogen and oxygen atoms in total. The molecule has 0 atom stereocenters. The van der Waals surface area contributed by atoms with E-state index in [9.17, 15) is 9.59 Å². The van der Waals surface area contributed by atoms with E-state index in [1.165, 1.54) is 23.8 Å². The zero-order valence-electron chi connectivity index (χ0n) is 13.8. The second kappa shape index (κ2) is 8.59. The van der Waals surface area contributed by atoms with Gasteiger partial charge in [-0.3, -0.25) is 14.9 Å². The van der Waals surface area contributed by atoms with Crippen LogP contribution in [0.1, 0.15) is 22.8 Å². The first-order valence-electron chi connectivity index (χ1n) is 7.71. The summed E-state index contributed by atoms with van der Waals surface area (Å²) in [6, 6.07) is 16.6. The summed E-state index contributed by atoms with van der Waals surface area (Å²) in [5.41, 5.74) is 1.45. The van der Waals surface area contributed by atoms with Gasteiger partial charge in [-0.25, -0.2) is 0 Å². The van der Waals surface area contributed by atoms with E-state index in [1.54, 1.807) is 36.0 Å². The first-order chi connectivity index (χ1) is 12.6. The predicted octanol–water partition coefficient (Wildman–Crippen LogP) is 4.01. The van der Waals surface area contributed by atoms with Crippen LogP contribution < -0.4 is 10.1 Å². The standard InChI is InChI=1S/C18H15N3O3S2/c1-12(22)24-15-10-6-5-9-14(15)16(23)19-17-20-21-18(26-17)25-11-13-7-3-2-4-8-13/h2-10H,11H2,1H3,(H,19,20,23). The topological polar surface area (TPSA) is 81.2 Å². The molecule has 1 aromatic heterocycles. The number of carbonyl (C=O) groups is 2. The van der Waals surface area contributed by atoms with Gasteiger partial charge in [0, 0.05) is 12.7 Å². The molecule has 0 radical (unpaired) electrons. The van der Waals surface area contributed by atoms with Crippen molar-refractivity contribution in [3.63, 3.8) is 0 Å². The van der Waals surface area contributed by atoms with Crippen molar-refractivity contribution in [3.05, 3.63) is 65.7 Å². The van der Waals surface area contributed by atoms with E-state index in [1.807, 2.05) is 30.3 Å². The number of hydrogen-bond donors (Lipinski definition) is 1. The van der Waals surface area contributed by atoms with E-state index in [0.717, 1.165) is 10.1 Å². The molecular weight excluding hydrogens is 370 g/mol. The maximum Gasteiger partial charge on any atom is 0.308 e. The largest absolute Gasteiger partial charge is 0.426 e. The van der Waals surface area contributed by atoms with E-state index in [2.05, 4.69) is 15.5 Å². The van der Waals surface area contributed by atoms with Gasteiger partial charge in [-0.15, -0.1) is 10.2 Å². The summed E-state index contributed by atoms with van der Waals surface area (Å²) in [4.78, 5) is 23.6. The lowest BCUT2D eigenvalue weighted by molar-refractivity contribution is -0.131. The Morgan fingerprint density at radius 1 is 1.08 bits per heavy atom. The average Bonchev–Trinajstić information content (AvgIpc) is 3.08. The van der Waals surface area contributed by atoms with Crippen LogP contribution in [0, 0.1) is 0 Å². The summed E-state index contributed by atoms with van der Waals surface area (Å²) in [6.45, 7) is 1.29. The summed E-state index contributed by atoms with van der Waals surface area (Å²) in [5, 5.41) is 11.2. The Labute approximate surface area is 158 Å². The molecule has 0 fully saturated rings. The van der Waals surface area contributed by atoms with Crippen LogP contribution in [-0.4, -0.2) is 22.1 Å². The predicted molar refractivity (Wildman–Crippen MR) is 102 cm³/mol. The van der Waals surface area contributed by atoms with E-state index >= 15 is 0 Å². The van der Waals surface area contributed by atoms with Crippen LogP contribution in [-0.2, 0) is 10.5 Å². The minimum absolute atomic E-state index is 0.209. The van der Waals surface area contributed by atoms with Gasteiger partial charge in [-0.05, 0) is 17.7 Å². The lowest BCUT2D eigenvalue weighted by atomic mass is 10.2. The van der Waals surface area contributed by atoms with E-state index in [0.29, 0.717) is 5.13 Å². The Bertz CT molecular complexity index is 913. The van der Waals surface area contributed by atoms with Crippen LogP contribution in [0.3, 0.4) is 0 Å². The first kappa shape index (κ1) is 18.1. The summed E-state index contributed by atoms with van der Waals surface area (Å²) < 4.78 is 5.82. The molecule has 0 saturated heterocycles. The Hall–Kier alpha value is -2.71. The van der Waals surface area contributed by atoms with Crippen molar-refractivity contribution in [2.75, 3.05) is 5.32 Å². The average molecular weight is 385 g/mol. The van der Waals surface area contributed by atoms with Crippen LogP contribution in [0.5, 0.6) is 5.75 Å². The molecule has 1 amide bonds. The van der Waals surface area contributed by atoms with Gasteiger partial charge in [0.1, 0.15) is 5.75 Å². The highest BCUT2D eigenvalue weighted by atomic mass is 32.2. The van der Waals surface area contributed by atoms with Crippen molar-refractivity contribution in [3.8, 4) is 5.75 Å². The second-order valence-electron chi connectivity index (χ2n) is 5.19. The molecule has 1 N–H and O–H groups in total. The van der Waals surface area contributed by atoms with Crippen molar-refractivity contribution in [2.45, 2.75) is 17.0 Å². The third-order valence-electron chi connectivity index (χ3n) is 3.22. The number of amides is 1. The molecule has 8 heteroatoms. The molecule has 0 aliphatic carbocycles. The quantitative estimate of drug-likeness (QED) is 0.299. The molecule has 3 aromatic rings. The number of esters is 1. The number of ether oxygens (including phenoxy) is 1. The molecule has 0 saturated carbocycles. The molecule has 26 heavy (non-hydrogen) atoms. The lowest BCUT2D eigenvalue weighted by Crippen LogP contribution is -2.14. The van der Waals surface area contributed by atoms with Crippen molar-refractivity contribution in [2.24, 2.45) is 0 Å². The number of thioether (sulfide) groups is 1. The number of anilines is 1. The fraction of sp³-hybridized carbons (Fsp3) is 0.111. The minimum Gasteiger partial charge on any atom is -0.426 e. The Morgan fingerprint density at radius 2 is 1.81 bits per heavy atom. The summed E-state index contributed by atoms with van der Waals surface area (Å²) in [6.07, 6.45) is 0. The monoisotopic (exact) mass is 385 g/mol. The number of para-hydroxylation sites is 1. The molecule has 0 bridgehead atoms. The molecule has 2 aromatic carbocycles. The van der Waals surface area contributed by atoms with Crippen LogP contribution in [0.15, 0.2) is 58.9 Å². The smallest absolute Gasteiger partial charge is 0.308 e. The zero-order chi connectivity index (χ0) is 18.4. The highest BCUT2D eigenvalue weighted by Gasteiger charge is 2.16. The second-order valence-corrected chi connectivity index (χ2v) is 7.39. The number of hydrogen-bond acceptors (Lipinski definition) is 7. The van der Waals surface area contributed by atoms with Gasteiger partial charge in [0.25, 0.3) is 5.91 Å². The van der Waals surface area contributed by atoms with Gasteiger partial charge >= 0.3 is 5.97 Å². The van der Waals surface area contributed by atoms with Crippen molar-refractivity contribution in [1.29, 1.82) is 0 Å². The van der Waals surface area contributed by atoms with Gasteiger partial charge in [0.05, 0.1) is 5.56 Å². The molecule has 0 unspecified atom stereocenters. The molecule has 0 aliphatic heterocycles. The van der Waals surface area contributed by atoms with E-state index < -0.39 is 11.9 Å². The number of rotatable bonds is 6. The molecule has 0 spiro atoms. The minimum atomic E-state index is -0.485. The van der Waals surface area contributed by atoms with Crippen molar-refractivity contribution in [1.82, 2.24) is 10.2 Å². The van der Waals surface area contributed by atoms with Crippen LogP contribution in [0.25, 0.3) is 0 Å². The summed E-state index contributed by atoms with van der Waals surface area (Å²) in [5.74, 6) is 0.0951. The van der Waals surface area contributed by atoms with Crippen molar-refractivity contribution >= 4 is 40.1 Å². The molecule has 1 heterocycles. The number of nitrogens with zero attached hydrogens (tertiary/aromatic N) is 2. The fourth-order valence-electron chi connectivity index (χ4n) is 2.10. The van der Waals surface area contributed by atoms with Crippen LogP contribution in [0.4, 0.5) is 5.13 Å². The number of carbonyl (C=O) groups excluding carboxylic acids is 2. The number of nitrogens with one attached hydrogen (secondary N) is 1. The maximum atomic E-state index is 12.4. The zero-order valence-corrected chi connectivity index (χ0v) is 15.5. The third kappa shape index (κ3) is 4.90. The van der Waals surface area contributed by atoms with E-state index in [4.69, 9.17) is 4.74 Å². The van der Waals surface area contributed by atoms with Gasteiger partial charge in [-0.2, -0.15) is 0 Å². The number of aromatic nitrogens is 2. The molecule has 132 valence electrons. The van der Waals surface area contributed by atoms with E-state index in [-0.39, 0.29) is 11.3 Å². The Kier molecular flexibility index (Phi) is 5.98. The van der Waals surface area contributed by atoms with Gasteiger partial charge in [-0.1, -0.05) is 65.6 Å². The molecule has 0 aliphatic rings. The van der Waals surface area contributed by atoms with Crippen LogP contribution in [0.2, 0.25) is 0 Å². The highest BCUT2D eigenvalue weighted by Crippen LogP contribution is 2.29. The van der Waals surface area contributed by atoms with Gasteiger partial charge in [0.15, 0.2) is 4.34 Å². The number of benzene rings is 2. The first-order valence-corrected chi connectivity index (χ1v) is 9.51. The Morgan fingerprint density at radius 3 is 2.58 bits per heavy atom. The molecular formula is C18H15N3O3S2. The maximum absolute atomic E-state index is 12.4. The normalized spacial score (nSPS) is 10.3. The third-order valence-corrected chi connectivity index (χ3v) is 5.26.